The highest BCUT2D eigenvalue weighted by Gasteiger charge is 2.31. The van der Waals surface area contributed by atoms with Gasteiger partial charge in [-0.25, -0.2) is 13.4 Å². The number of methoxy groups -OCH3 is 1. The Kier molecular flexibility index (Phi) is 4.19. The van der Waals surface area contributed by atoms with Crippen molar-refractivity contribution in [1.29, 1.82) is 0 Å². The number of sulfonamides is 1. The zero-order valence-electron chi connectivity index (χ0n) is 16.2. The third-order valence-electron chi connectivity index (χ3n) is 5.17. The summed E-state index contributed by atoms with van der Waals surface area (Å²) >= 11 is 1.23. The number of nitrogens with one attached hydrogen (secondary N) is 1. The minimum absolute atomic E-state index is 0.110. The monoisotopic (exact) mass is 439 g/mol. The van der Waals surface area contributed by atoms with Gasteiger partial charge in [-0.1, -0.05) is 23.5 Å². The number of thiazole rings is 1. The van der Waals surface area contributed by atoms with Crippen LogP contribution in [0.2, 0.25) is 0 Å². The molecule has 9 heteroatoms. The van der Waals surface area contributed by atoms with E-state index in [0.29, 0.717) is 34.1 Å². The van der Waals surface area contributed by atoms with Gasteiger partial charge in [0.25, 0.3) is 15.9 Å². The largest absolute Gasteiger partial charge is 0.497 e. The van der Waals surface area contributed by atoms with Crippen LogP contribution in [0.4, 0.5) is 10.8 Å². The zero-order chi connectivity index (χ0) is 21.0. The van der Waals surface area contributed by atoms with Crippen molar-refractivity contribution < 1.29 is 17.9 Å². The van der Waals surface area contributed by atoms with Crippen LogP contribution in [0.15, 0.2) is 53.4 Å². The molecule has 1 aromatic heterocycles. The molecular weight excluding hydrogens is 422 g/mol. The van der Waals surface area contributed by atoms with Crippen molar-refractivity contribution in [3.05, 3.63) is 54.1 Å². The van der Waals surface area contributed by atoms with E-state index in [1.807, 2.05) is 13.0 Å². The third kappa shape index (κ3) is 2.73. The molecule has 30 heavy (non-hydrogen) atoms. The number of rotatable bonds is 5. The molecule has 1 aliphatic heterocycles. The van der Waals surface area contributed by atoms with Crippen molar-refractivity contribution in [2.24, 2.45) is 0 Å². The van der Waals surface area contributed by atoms with Gasteiger partial charge in [-0.05, 0) is 43.3 Å². The molecule has 0 unspecified atom stereocenters. The average Bonchev–Trinajstić information content (AvgIpc) is 3.25. The Morgan fingerprint density at radius 1 is 1.17 bits per heavy atom. The first-order chi connectivity index (χ1) is 14.4. The number of carbonyl (C=O) groups excluding carboxylic acids is 1. The van der Waals surface area contributed by atoms with Crippen molar-refractivity contribution >= 4 is 59.1 Å². The Bertz CT molecular complexity index is 1440. The molecule has 0 fully saturated rings. The van der Waals surface area contributed by atoms with Crippen molar-refractivity contribution in [2.75, 3.05) is 23.3 Å². The first-order valence-electron chi connectivity index (χ1n) is 9.28. The standard InChI is InChI=1S/C21H17N3O4S2/c1-3-24-16-9-10-18(13-5-4-6-14(19(13)16)20(24)25)30(26,27)23-21-22-15-8-7-12(28-2)11-17(15)29-21/h4-11H,3H2,1-2H3,(H,22,23). The fraction of sp³-hybridized carbons (Fsp3) is 0.143. The number of carbonyl (C=O) groups is 1. The van der Waals surface area contributed by atoms with E-state index in [2.05, 4.69) is 9.71 Å². The van der Waals surface area contributed by atoms with E-state index >= 15 is 0 Å². The average molecular weight is 440 g/mol. The number of ether oxygens (including phenoxy) is 1. The van der Waals surface area contributed by atoms with Gasteiger partial charge in [-0.15, -0.1) is 0 Å². The normalized spacial score (nSPS) is 13.4. The van der Waals surface area contributed by atoms with Crippen LogP contribution in [0, 0.1) is 0 Å². The summed E-state index contributed by atoms with van der Waals surface area (Å²) < 4.78 is 35.1. The summed E-state index contributed by atoms with van der Waals surface area (Å²) in [7, 11) is -2.34. The van der Waals surface area contributed by atoms with Gasteiger partial charge in [0, 0.05) is 22.9 Å². The minimum Gasteiger partial charge on any atom is -0.497 e. The summed E-state index contributed by atoms with van der Waals surface area (Å²) in [5.74, 6) is 0.568. The SMILES string of the molecule is CCN1C(=O)c2cccc3c(S(=O)(=O)Nc4nc5ccc(OC)cc5s4)ccc1c23. The molecule has 7 nitrogen and oxygen atoms in total. The molecule has 152 valence electrons. The van der Waals surface area contributed by atoms with Crippen molar-refractivity contribution in [3.8, 4) is 5.75 Å². The molecule has 0 atom stereocenters. The van der Waals surface area contributed by atoms with Gasteiger partial charge in [-0.2, -0.15) is 0 Å². The first-order valence-corrected chi connectivity index (χ1v) is 11.6. The number of anilines is 2. The van der Waals surface area contributed by atoms with Gasteiger partial charge in [0.1, 0.15) is 5.75 Å². The number of nitrogens with zero attached hydrogens (tertiary/aromatic N) is 2. The Balaban J connectivity index is 1.61. The number of hydrogen-bond acceptors (Lipinski definition) is 6. The van der Waals surface area contributed by atoms with Gasteiger partial charge in [0.05, 0.1) is 27.9 Å². The number of hydrogen-bond donors (Lipinski definition) is 1. The maximum absolute atomic E-state index is 13.2. The van der Waals surface area contributed by atoms with Crippen LogP contribution in [0.25, 0.3) is 21.0 Å². The topological polar surface area (TPSA) is 88.6 Å². The molecular formula is C21H17N3O4S2. The molecule has 1 aliphatic rings. The molecule has 4 aromatic rings. The summed E-state index contributed by atoms with van der Waals surface area (Å²) in [5, 5.41) is 1.46. The van der Waals surface area contributed by atoms with Crippen molar-refractivity contribution in [3.63, 3.8) is 0 Å². The molecule has 0 radical (unpaired) electrons. The molecule has 0 bridgehead atoms. The predicted octanol–water partition coefficient (Wildman–Crippen LogP) is 4.24. The summed E-state index contributed by atoms with van der Waals surface area (Å²) in [5.41, 5.74) is 1.94. The number of benzene rings is 3. The second kappa shape index (κ2) is 6.68. The Morgan fingerprint density at radius 2 is 2.00 bits per heavy atom. The maximum Gasteiger partial charge on any atom is 0.264 e. The maximum atomic E-state index is 13.2. The highest BCUT2D eigenvalue weighted by Crippen LogP contribution is 2.40. The van der Waals surface area contributed by atoms with E-state index in [1.165, 1.54) is 11.3 Å². The second-order valence-electron chi connectivity index (χ2n) is 6.82. The van der Waals surface area contributed by atoms with Gasteiger partial charge < -0.3 is 9.64 Å². The van der Waals surface area contributed by atoms with Crippen LogP contribution in [0.5, 0.6) is 5.75 Å². The summed E-state index contributed by atoms with van der Waals surface area (Å²) in [6, 6.07) is 13.8. The third-order valence-corrected chi connectivity index (χ3v) is 7.63. The van der Waals surface area contributed by atoms with Crippen molar-refractivity contribution in [1.82, 2.24) is 4.98 Å². The van der Waals surface area contributed by atoms with Crippen LogP contribution in [0.3, 0.4) is 0 Å². The molecule has 0 aliphatic carbocycles. The van der Waals surface area contributed by atoms with E-state index in [9.17, 15) is 13.2 Å². The van der Waals surface area contributed by atoms with E-state index in [4.69, 9.17) is 4.74 Å². The Hall–Kier alpha value is -3.17. The molecule has 0 spiro atoms. The van der Waals surface area contributed by atoms with Gasteiger partial charge in [-0.3, -0.25) is 9.52 Å². The fourth-order valence-corrected chi connectivity index (χ4v) is 6.15. The smallest absolute Gasteiger partial charge is 0.264 e. The molecule has 5 rings (SSSR count). The summed E-state index contributed by atoms with van der Waals surface area (Å²) in [4.78, 5) is 18.8. The lowest BCUT2D eigenvalue weighted by atomic mass is 10.1. The quantitative estimate of drug-likeness (QED) is 0.502. The lowest BCUT2D eigenvalue weighted by molar-refractivity contribution is 0.0994. The fourth-order valence-electron chi connectivity index (χ4n) is 3.81. The van der Waals surface area contributed by atoms with Gasteiger partial charge in [0.2, 0.25) is 0 Å². The van der Waals surface area contributed by atoms with Crippen LogP contribution >= 0.6 is 11.3 Å². The highest BCUT2D eigenvalue weighted by atomic mass is 32.2. The second-order valence-corrected chi connectivity index (χ2v) is 9.50. The van der Waals surface area contributed by atoms with Crippen LogP contribution in [-0.2, 0) is 10.0 Å². The first kappa shape index (κ1) is 18.8. The molecule has 3 aromatic carbocycles. The lowest BCUT2D eigenvalue weighted by Crippen LogP contribution is -2.25. The molecule has 0 saturated carbocycles. The van der Waals surface area contributed by atoms with E-state index in [0.717, 1.165) is 10.4 Å². The summed E-state index contributed by atoms with van der Waals surface area (Å²) in [6.07, 6.45) is 0. The Morgan fingerprint density at radius 3 is 2.77 bits per heavy atom. The van der Waals surface area contributed by atoms with Gasteiger partial charge >= 0.3 is 0 Å². The highest BCUT2D eigenvalue weighted by molar-refractivity contribution is 7.93. The van der Waals surface area contributed by atoms with E-state index in [-0.39, 0.29) is 15.9 Å². The van der Waals surface area contributed by atoms with E-state index in [1.54, 1.807) is 54.5 Å². The number of fused-ring (bicyclic) bond motifs is 1. The van der Waals surface area contributed by atoms with E-state index < -0.39 is 10.0 Å². The molecule has 1 amide bonds. The molecule has 0 saturated heterocycles. The van der Waals surface area contributed by atoms with Crippen molar-refractivity contribution in [2.45, 2.75) is 11.8 Å². The van der Waals surface area contributed by atoms with Crippen LogP contribution < -0.4 is 14.4 Å². The molecule has 1 N–H and O–H groups in total. The Labute approximate surface area is 177 Å². The predicted molar refractivity (Wildman–Crippen MR) is 118 cm³/mol. The number of aromatic nitrogens is 1. The van der Waals surface area contributed by atoms with Crippen LogP contribution in [0.1, 0.15) is 17.3 Å². The minimum atomic E-state index is -3.91. The van der Waals surface area contributed by atoms with Gasteiger partial charge in [0.15, 0.2) is 5.13 Å². The molecule has 2 heterocycles. The number of amides is 1. The summed E-state index contributed by atoms with van der Waals surface area (Å²) in [6.45, 7) is 2.41. The lowest BCUT2D eigenvalue weighted by Gasteiger charge is -2.15. The van der Waals surface area contributed by atoms with Crippen LogP contribution in [-0.4, -0.2) is 33.0 Å². The zero-order valence-corrected chi connectivity index (χ0v) is 17.8.